The highest BCUT2D eigenvalue weighted by Gasteiger charge is 2.21. The van der Waals surface area contributed by atoms with E-state index in [1.165, 1.54) is 16.7 Å². The number of carbonyl (C=O) groups is 1. The molecule has 0 atom stereocenters. The van der Waals surface area contributed by atoms with Crippen LogP contribution in [0.5, 0.6) is 0 Å². The molecule has 1 fully saturated rings. The summed E-state index contributed by atoms with van der Waals surface area (Å²) in [5.74, 6) is 0.872. The van der Waals surface area contributed by atoms with E-state index in [4.69, 9.17) is 23.8 Å². The van der Waals surface area contributed by atoms with Gasteiger partial charge >= 0.3 is 5.37 Å². The van der Waals surface area contributed by atoms with Gasteiger partial charge in [-0.15, -0.1) is 0 Å². The van der Waals surface area contributed by atoms with Gasteiger partial charge in [-0.2, -0.15) is 0 Å². The predicted molar refractivity (Wildman–Crippen MR) is 43.0 cm³/mol. The van der Waals surface area contributed by atoms with Crippen molar-refractivity contribution in [1.29, 1.82) is 0 Å². The summed E-state index contributed by atoms with van der Waals surface area (Å²) in [7, 11) is 0. The molecule has 50 valence electrons. The number of halogens is 1. The third-order valence-corrected chi connectivity index (χ3v) is 2.61. The molecular weight excluding hydrogens is 178 g/mol. The minimum atomic E-state index is -0.468. The second kappa shape index (κ2) is 2.86. The maximum absolute atomic E-state index is 10.4. The van der Waals surface area contributed by atoms with E-state index in [0.717, 1.165) is 5.75 Å². The van der Waals surface area contributed by atoms with Gasteiger partial charge in [0, 0.05) is 12.3 Å². The van der Waals surface area contributed by atoms with Crippen molar-refractivity contribution in [2.75, 3.05) is 12.3 Å². The van der Waals surface area contributed by atoms with Crippen LogP contribution < -0.4 is 0 Å². The Morgan fingerprint density at radius 1 is 1.89 bits per heavy atom. The van der Waals surface area contributed by atoms with E-state index in [2.05, 4.69) is 0 Å². The number of rotatable bonds is 0. The van der Waals surface area contributed by atoms with E-state index >= 15 is 0 Å². The van der Waals surface area contributed by atoms with Crippen molar-refractivity contribution in [3.05, 3.63) is 0 Å². The smallest absolute Gasteiger partial charge is 0.283 e. The first-order valence-electron chi connectivity index (χ1n) is 2.35. The molecule has 0 unspecified atom stereocenters. The molecule has 0 aromatic heterocycles. The highest BCUT2D eigenvalue weighted by molar-refractivity contribution is 8.23. The molecule has 1 heterocycles. The molecule has 1 rings (SSSR count). The van der Waals surface area contributed by atoms with Crippen molar-refractivity contribution in [1.82, 2.24) is 4.90 Å². The minimum Gasteiger partial charge on any atom is -0.283 e. The molecule has 0 N–H and O–H groups in total. The molecular formula is C4H4ClNOS2. The van der Waals surface area contributed by atoms with Crippen LogP contribution in [-0.2, 0) is 0 Å². The fourth-order valence-corrected chi connectivity index (χ4v) is 2.03. The second-order valence-corrected chi connectivity index (χ2v) is 3.57. The summed E-state index contributed by atoms with van der Waals surface area (Å²) in [6, 6.07) is 0. The van der Waals surface area contributed by atoms with Gasteiger partial charge in [0.25, 0.3) is 0 Å². The van der Waals surface area contributed by atoms with Crippen LogP contribution in [0, 0.1) is 0 Å². The standard InChI is InChI=1S/C4H4ClNOS2/c5-3(7)6-1-2-9-4(6)8/h1-2H2. The van der Waals surface area contributed by atoms with Crippen LogP contribution in [0.3, 0.4) is 0 Å². The van der Waals surface area contributed by atoms with Crippen LogP contribution in [0.2, 0.25) is 0 Å². The number of nitrogens with zero attached hydrogens (tertiary/aromatic N) is 1. The fraction of sp³-hybridized carbons (Fsp3) is 0.500. The summed E-state index contributed by atoms with van der Waals surface area (Å²) in [6.07, 6.45) is 0. The lowest BCUT2D eigenvalue weighted by molar-refractivity contribution is 0.246. The molecule has 0 aliphatic carbocycles. The Hall–Kier alpha value is 0.200. The summed E-state index contributed by atoms with van der Waals surface area (Å²) < 4.78 is 0.593. The maximum atomic E-state index is 10.4. The lowest BCUT2D eigenvalue weighted by atomic mass is 10.7. The van der Waals surface area contributed by atoms with E-state index in [9.17, 15) is 4.79 Å². The van der Waals surface area contributed by atoms with Crippen LogP contribution in [0.25, 0.3) is 0 Å². The summed E-state index contributed by atoms with van der Waals surface area (Å²) in [4.78, 5) is 11.8. The van der Waals surface area contributed by atoms with Gasteiger partial charge in [0.2, 0.25) is 0 Å². The average molecular weight is 182 g/mol. The quantitative estimate of drug-likeness (QED) is 0.322. The second-order valence-electron chi connectivity index (χ2n) is 1.52. The van der Waals surface area contributed by atoms with E-state index in [1.807, 2.05) is 0 Å². The van der Waals surface area contributed by atoms with Crippen molar-refractivity contribution >= 4 is 45.3 Å². The van der Waals surface area contributed by atoms with Gasteiger partial charge in [0.15, 0.2) is 0 Å². The van der Waals surface area contributed by atoms with E-state index in [0.29, 0.717) is 10.9 Å². The molecule has 2 nitrogen and oxygen atoms in total. The van der Waals surface area contributed by atoms with Crippen LogP contribution in [0.1, 0.15) is 0 Å². The Morgan fingerprint density at radius 2 is 2.56 bits per heavy atom. The molecule has 0 bridgehead atoms. The third-order valence-electron chi connectivity index (χ3n) is 0.973. The molecule has 0 saturated carbocycles. The van der Waals surface area contributed by atoms with Crippen LogP contribution >= 0.6 is 35.6 Å². The number of hydrogen-bond donors (Lipinski definition) is 0. The van der Waals surface area contributed by atoms with E-state index < -0.39 is 5.37 Å². The molecule has 1 aliphatic heterocycles. The Labute approximate surface area is 67.5 Å². The predicted octanol–water partition coefficient (Wildman–Crippen LogP) is 1.68. The van der Waals surface area contributed by atoms with Crippen molar-refractivity contribution in [3.8, 4) is 0 Å². The molecule has 0 aromatic carbocycles. The molecule has 0 spiro atoms. The van der Waals surface area contributed by atoms with Gasteiger partial charge in [-0.1, -0.05) is 24.0 Å². The number of amides is 1. The highest BCUT2D eigenvalue weighted by Crippen LogP contribution is 2.18. The Balaban J connectivity index is 2.60. The van der Waals surface area contributed by atoms with Crippen molar-refractivity contribution in [2.24, 2.45) is 0 Å². The summed E-state index contributed by atoms with van der Waals surface area (Å²) >= 11 is 11.5. The van der Waals surface area contributed by atoms with Gasteiger partial charge in [0.05, 0.1) is 0 Å². The first kappa shape index (κ1) is 7.31. The molecule has 1 saturated heterocycles. The average Bonchev–Trinajstić information content (AvgIpc) is 2.13. The summed E-state index contributed by atoms with van der Waals surface area (Å²) in [6.45, 7) is 0.659. The zero-order valence-electron chi connectivity index (χ0n) is 4.46. The SMILES string of the molecule is O=C(Cl)N1CCSC1=S. The van der Waals surface area contributed by atoms with Crippen LogP contribution in [0.15, 0.2) is 0 Å². The van der Waals surface area contributed by atoms with Gasteiger partial charge in [-0.3, -0.25) is 9.69 Å². The summed E-state index contributed by atoms with van der Waals surface area (Å²) in [5.41, 5.74) is 0. The number of thioether (sulfide) groups is 1. The first-order valence-corrected chi connectivity index (χ1v) is 4.13. The Morgan fingerprint density at radius 3 is 2.78 bits per heavy atom. The number of carbonyl (C=O) groups excluding carboxylic acids is 1. The third kappa shape index (κ3) is 1.56. The van der Waals surface area contributed by atoms with Gasteiger partial charge in [-0.05, 0) is 11.6 Å². The number of hydrogen-bond acceptors (Lipinski definition) is 3. The molecule has 5 heteroatoms. The lowest BCUT2D eigenvalue weighted by Crippen LogP contribution is -2.25. The Kier molecular flexibility index (Phi) is 2.32. The van der Waals surface area contributed by atoms with E-state index in [1.54, 1.807) is 0 Å². The zero-order chi connectivity index (χ0) is 6.85. The maximum Gasteiger partial charge on any atom is 0.321 e. The Bertz CT molecular complexity index is 161. The molecule has 0 aromatic rings. The number of thiocarbonyl (C=S) groups is 1. The molecule has 1 aliphatic rings. The first-order chi connectivity index (χ1) is 4.22. The van der Waals surface area contributed by atoms with Crippen molar-refractivity contribution in [3.63, 3.8) is 0 Å². The van der Waals surface area contributed by atoms with Crippen LogP contribution in [0.4, 0.5) is 4.79 Å². The van der Waals surface area contributed by atoms with Crippen molar-refractivity contribution in [2.45, 2.75) is 0 Å². The topological polar surface area (TPSA) is 20.3 Å². The highest BCUT2D eigenvalue weighted by atomic mass is 35.5. The van der Waals surface area contributed by atoms with Gasteiger partial charge < -0.3 is 0 Å². The normalized spacial score (nSPS) is 18.8. The van der Waals surface area contributed by atoms with Gasteiger partial charge in [-0.25, -0.2) is 0 Å². The summed E-state index contributed by atoms with van der Waals surface area (Å²) in [5, 5.41) is -0.468. The monoisotopic (exact) mass is 181 g/mol. The molecule has 0 radical (unpaired) electrons. The van der Waals surface area contributed by atoms with Crippen molar-refractivity contribution < 1.29 is 4.79 Å². The largest absolute Gasteiger partial charge is 0.321 e. The minimum absolute atomic E-state index is 0.468. The lowest BCUT2D eigenvalue weighted by Gasteiger charge is -2.07. The molecule has 1 amide bonds. The van der Waals surface area contributed by atoms with E-state index in [-0.39, 0.29) is 0 Å². The van der Waals surface area contributed by atoms with Crippen LogP contribution in [-0.4, -0.2) is 26.9 Å². The zero-order valence-corrected chi connectivity index (χ0v) is 6.85. The fourth-order valence-electron chi connectivity index (χ4n) is 0.553. The van der Waals surface area contributed by atoms with Gasteiger partial charge in [0.1, 0.15) is 4.32 Å². The molecule has 9 heavy (non-hydrogen) atoms.